The van der Waals surface area contributed by atoms with Gasteiger partial charge in [0, 0.05) is 32.2 Å². The van der Waals surface area contributed by atoms with E-state index >= 15 is 0 Å². The van der Waals surface area contributed by atoms with Crippen LogP contribution in [0.25, 0.3) is 16.9 Å². The normalized spacial score (nSPS) is 20.6. The average molecular weight is 546 g/mol. The van der Waals surface area contributed by atoms with Gasteiger partial charge in [-0.25, -0.2) is 18.2 Å². The Kier molecular flexibility index (Phi) is 9.52. The van der Waals surface area contributed by atoms with Crippen LogP contribution < -0.4 is 15.5 Å². The second kappa shape index (κ2) is 13.4. The van der Waals surface area contributed by atoms with E-state index in [1.807, 2.05) is 6.07 Å². The predicted octanol–water partition coefficient (Wildman–Crippen LogP) is 5.29. The minimum absolute atomic E-state index is 0.309. The maximum absolute atomic E-state index is 13.9. The summed E-state index contributed by atoms with van der Waals surface area (Å²) in [4.78, 5) is 15.7. The van der Waals surface area contributed by atoms with Crippen molar-refractivity contribution in [3.05, 3.63) is 36.2 Å². The highest BCUT2D eigenvalue weighted by Crippen LogP contribution is 2.30. The molecule has 11 heteroatoms. The van der Waals surface area contributed by atoms with Crippen LogP contribution in [0.4, 0.5) is 24.9 Å². The molecule has 6 rings (SSSR count). The molecule has 2 N–H and O–H groups in total. The van der Waals surface area contributed by atoms with Crippen molar-refractivity contribution in [2.75, 3.05) is 56.2 Å². The maximum Gasteiger partial charge on any atom is 0.296 e. The van der Waals surface area contributed by atoms with Gasteiger partial charge in [0.2, 0.25) is 5.95 Å². The van der Waals surface area contributed by atoms with Crippen LogP contribution in [0.3, 0.4) is 0 Å². The molecule has 8 nitrogen and oxygen atoms in total. The molecular formula is C28H38F3N7O. The van der Waals surface area contributed by atoms with Crippen molar-refractivity contribution in [2.45, 2.75) is 57.5 Å². The average Bonchev–Trinajstić information content (AvgIpc) is 3.38. The molecule has 2 saturated heterocycles. The maximum atomic E-state index is 13.9. The van der Waals surface area contributed by atoms with Crippen LogP contribution in [0.1, 0.15) is 57.2 Å². The number of alkyl halides is 3. The summed E-state index contributed by atoms with van der Waals surface area (Å²) < 4.78 is 46.9. The molecule has 212 valence electrons. The fraction of sp³-hybridized carbons (Fsp3) is 0.607. The molecule has 2 aromatic heterocycles. The molecule has 1 atom stereocenters. The van der Waals surface area contributed by atoms with Gasteiger partial charge in [-0.1, -0.05) is 31.4 Å². The van der Waals surface area contributed by atoms with Crippen molar-refractivity contribution in [3.63, 3.8) is 0 Å². The van der Waals surface area contributed by atoms with E-state index in [0.717, 1.165) is 25.9 Å². The molecule has 1 aliphatic carbocycles. The van der Waals surface area contributed by atoms with E-state index in [2.05, 4.69) is 25.5 Å². The molecule has 0 radical (unpaired) electrons. The number of hydrogen-bond acceptors (Lipinski definition) is 7. The van der Waals surface area contributed by atoms with Gasteiger partial charge in [0.15, 0.2) is 5.82 Å². The molecule has 2 aliphatic heterocycles. The van der Waals surface area contributed by atoms with Crippen LogP contribution >= 0.6 is 0 Å². The van der Waals surface area contributed by atoms with Gasteiger partial charge >= 0.3 is 0 Å². The molecule has 0 spiro atoms. The van der Waals surface area contributed by atoms with Crippen molar-refractivity contribution in [3.8, 4) is 5.82 Å². The number of rotatable bonds is 6. The third kappa shape index (κ3) is 7.19. The molecule has 3 aliphatic rings. The molecule has 3 aromatic rings. The largest absolute Gasteiger partial charge is 0.378 e. The zero-order chi connectivity index (χ0) is 27.0. The monoisotopic (exact) mass is 545 g/mol. The molecule has 1 unspecified atom stereocenters. The van der Waals surface area contributed by atoms with Crippen molar-refractivity contribution in [1.29, 1.82) is 0 Å². The van der Waals surface area contributed by atoms with Crippen molar-refractivity contribution >= 4 is 22.8 Å². The van der Waals surface area contributed by atoms with Crippen LogP contribution in [0.2, 0.25) is 0 Å². The Bertz CT molecular complexity index is 1190. The van der Waals surface area contributed by atoms with E-state index < -0.39 is 12.6 Å². The lowest BCUT2D eigenvalue weighted by Gasteiger charge is -2.28. The molecule has 0 amide bonds. The fourth-order valence-electron chi connectivity index (χ4n) is 5.44. The third-order valence-corrected chi connectivity index (χ3v) is 7.56. The first kappa shape index (κ1) is 27.6. The van der Waals surface area contributed by atoms with Crippen LogP contribution in [0, 0.1) is 5.92 Å². The van der Waals surface area contributed by atoms with Crippen molar-refractivity contribution in [2.24, 2.45) is 5.92 Å². The number of nitrogens with zero attached hydrogens (tertiary/aromatic N) is 5. The highest BCUT2D eigenvalue weighted by atomic mass is 19.3. The van der Waals surface area contributed by atoms with Crippen molar-refractivity contribution < 1.29 is 17.9 Å². The van der Waals surface area contributed by atoms with E-state index in [-0.39, 0.29) is 5.82 Å². The predicted molar refractivity (Wildman–Crippen MR) is 147 cm³/mol. The van der Waals surface area contributed by atoms with Gasteiger partial charge in [-0.15, -0.1) is 0 Å². The Morgan fingerprint density at radius 2 is 1.74 bits per heavy atom. The van der Waals surface area contributed by atoms with Gasteiger partial charge in [0.1, 0.15) is 17.8 Å². The van der Waals surface area contributed by atoms with Crippen LogP contribution in [0.5, 0.6) is 0 Å². The standard InChI is InChI=1S/C23H28F2N6O.C5H10FN/c24-21(25)22-27-17-8-4-5-9-18(17)31(22)20-14-19(30-10-12-32-13-11-30)28-23(29-20)26-15-16-6-2-1-3-7-16;6-5-2-1-3-7-4-5/h4-5,8-9,14,16,21H,1-3,6-7,10-13,15H2,(H,26,28,29);5,7H,1-4H2. The molecule has 3 fully saturated rings. The Morgan fingerprint density at radius 3 is 2.44 bits per heavy atom. The Morgan fingerprint density at radius 1 is 0.974 bits per heavy atom. The van der Waals surface area contributed by atoms with Crippen LogP contribution in [0.15, 0.2) is 30.3 Å². The highest BCUT2D eigenvalue weighted by Gasteiger charge is 2.23. The lowest BCUT2D eigenvalue weighted by atomic mass is 9.89. The number of imidazole rings is 1. The topological polar surface area (TPSA) is 80.1 Å². The Balaban J connectivity index is 0.000000384. The first-order valence-electron chi connectivity index (χ1n) is 14.1. The van der Waals surface area contributed by atoms with Crippen molar-refractivity contribution in [1.82, 2.24) is 24.8 Å². The zero-order valence-corrected chi connectivity index (χ0v) is 22.3. The molecule has 39 heavy (non-hydrogen) atoms. The number of para-hydroxylation sites is 2. The number of piperidine rings is 1. The van der Waals surface area contributed by atoms with Crippen LogP contribution in [-0.4, -0.2) is 71.6 Å². The highest BCUT2D eigenvalue weighted by molar-refractivity contribution is 5.78. The number of hydrogen-bond donors (Lipinski definition) is 2. The summed E-state index contributed by atoms with van der Waals surface area (Å²) in [5, 5.41) is 6.35. The minimum Gasteiger partial charge on any atom is -0.378 e. The van der Waals surface area contributed by atoms with E-state index in [1.165, 1.54) is 36.7 Å². The summed E-state index contributed by atoms with van der Waals surface area (Å²) in [6.07, 6.45) is 4.67. The quantitative estimate of drug-likeness (QED) is 0.436. The third-order valence-electron chi connectivity index (χ3n) is 7.56. The molecule has 4 heterocycles. The minimum atomic E-state index is -2.72. The second-order valence-electron chi connectivity index (χ2n) is 10.4. The molecule has 1 saturated carbocycles. The summed E-state index contributed by atoms with van der Waals surface area (Å²) in [6.45, 7) is 4.98. The smallest absolute Gasteiger partial charge is 0.296 e. The van der Waals surface area contributed by atoms with Gasteiger partial charge in [0.25, 0.3) is 6.43 Å². The van der Waals surface area contributed by atoms with E-state index in [0.29, 0.717) is 67.4 Å². The summed E-state index contributed by atoms with van der Waals surface area (Å²) in [5.74, 6) is 1.86. The van der Waals surface area contributed by atoms with E-state index in [4.69, 9.17) is 9.72 Å². The van der Waals surface area contributed by atoms with E-state index in [9.17, 15) is 13.2 Å². The van der Waals surface area contributed by atoms with Crippen LogP contribution in [-0.2, 0) is 4.74 Å². The van der Waals surface area contributed by atoms with Gasteiger partial charge in [-0.05, 0) is 50.3 Å². The lowest BCUT2D eigenvalue weighted by Crippen LogP contribution is -2.37. The number of morpholine rings is 1. The molecular weight excluding hydrogens is 507 g/mol. The Hall–Kier alpha value is -2.92. The van der Waals surface area contributed by atoms with E-state index in [1.54, 1.807) is 24.3 Å². The summed E-state index contributed by atoms with van der Waals surface area (Å²) in [5.41, 5.74) is 1.12. The van der Waals surface area contributed by atoms with Gasteiger partial charge in [0.05, 0.1) is 24.2 Å². The number of ether oxygens (including phenoxy) is 1. The first-order valence-corrected chi connectivity index (χ1v) is 14.1. The Labute approximate surface area is 227 Å². The number of fused-ring (bicyclic) bond motifs is 1. The summed E-state index contributed by atoms with van der Waals surface area (Å²) in [6, 6.07) is 8.92. The first-order chi connectivity index (χ1) is 19.1. The fourth-order valence-corrected chi connectivity index (χ4v) is 5.44. The zero-order valence-electron chi connectivity index (χ0n) is 22.3. The van der Waals surface area contributed by atoms with Gasteiger partial charge in [-0.2, -0.15) is 9.97 Å². The van der Waals surface area contributed by atoms with Gasteiger partial charge in [-0.3, -0.25) is 4.57 Å². The van der Waals surface area contributed by atoms with Gasteiger partial charge < -0.3 is 20.3 Å². The number of nitrogens with one attached hydrogen (secondary N) is 2. The second-order valence-corrected chi connectivity index (χ2v) is 10.4. The molecule has 0 bridgehead atoms. The lowest BCUT2D eigenvalue weighted by molar-refractivity contribution is 0.122. The SMILES string of the molecule is FC(F)c1nc2ccccc2n1-c1cc(N2CCOCC2)nc(NCC2CCCCC2)n1.FC1CCCNC1. The number of benzene rings is 1. The molecule has 1 aromatic carbocycles. The number of halogens is 3. The number of anilines is 2. The summed E-state index contributed by atoms with van der Waals surface area (Å²) >= 11 is 0. The summed E-state index contributed by atoms with van der Waals surface area (Å²) in [7, 11) is 0. The number of aromatic nitrogens is 4.